The minimum Gasteiger partial charge on any atom is -0.378 e. The number of morpholine rings is 1. The van der Waals surface area contributed by atoms with Crippen LogP contribution in [0.2, 0.25) is 5.02 Å². The Morgan fingerprint density at radius 2 is 2.03 bits per heavy atom. The first-order chi connectivity index (χ1) is 15.1. The molecule has 0 bridgehead atoms. The zero-order valence-corrected chi connectivity index (χ0v) is 17.7. The number of halogens is 1. The highest BCUT2D eigenvalue weighted by atomic mass is 35.5. The van der Waals surface area contributed by atoms with E-state index in [9.17, 15) is 4.79 Å². The number of amides is 1. The molecule has 4 aromatic rings. The molecule has 1 N–H and O–H groups in total. The lowest BCUT2D eigenvalue weighted by Crippen LogP contribution is -2.41. The predicted octanol–water partition coefficient (Wildman–Crippen LogP) is 3.58. The van der Waals surface area contributed by atoms with Crippen LogP contribution in [0.15, 0.2) is 48.8 Å². The molecule has 1 aliphatic heterocycles. The van der Waals surface area contributed by atoms with E-state index in [0.29, 0.717) is 42.4 Å². The van der Waals surface area contributed by atoms with Crippen molar-refractivity contribution in [1.29, 1.82) is 0 Å². The van der Waals surface area contributed by atoms with Gasteiger partial charge in [0.25, 0.3) is 5.91 Å². The fourth-order valence-corrected chi connectivity index (χ4v) is 4.09. The molecule has 1 amide bonds. The molecule has 0 spiro atoms. The van der Waals surface area contributed by atoms with E-state index in [-0.39, 0.29) is 11.9 Å². The van der Waals surface area contributed by atoms with Gasteiger partial charge in [0, 0.05) is 30.7 Å². The van der Waals surface area contributed by atoms with E-state index in [1.807, 2.05) is 37.3 Å². The van der Waals surface area contributed by atoms with Gasteiger partial charge in [-0.3, -0.25) is 4.79 Å². The molecule has 1 unspecified atom stereocenters. The summed E-state index contributed by atoms with van der Waals surface area (Å²) in [5.41, 5.74) is 1.86. The van der Waals surface area contributed by atoms with Crippen LogP contribution >= 0.6 is 11.6 Å². The van der Waals surface area contributed by atoms with Crippen LogP contribution in [-0.2, 0) is 4.74 Å². The van der Waals surface area contributed by atoms with Crippen molar-refractivity contribution in [3.8, 4) is 0 Å². The van der Waals surface area contributed by atoms with Crippen molar-refractivity contribution < 1.29 is 9.53 Å². The SMILES string of the molecule is CC(Nc1ccnc2ccnn12)c1cc2cccc(Cl)c2c(C(=O)N2CCOCC2)n1. The highest BCUT2D eigenvalue weighted by Crippen LogP contribution is 2.30. The number of carbonyl (C=O) groups excluding carboxylic acids is 1. The van der Waals surface area contributed by atoms with Gasteiger partial charge in [-0.05, 0) is 30.5 Å². The fourth-order valence-electron chi connectivity index (χ4n) is 3.82. The van der Waals surface area contributed by atoms with Gasteiger partial charge in [0.1, 0.15) is 11.5 Å². The van der Waals surface area contributed by atoms with Crippen molar-refractivity contribution in [2.45, 2.75) is 13.0 Å². The predicted molar refractivity (Wildman–Crippen MR) is 119 cm³/mol. The van der Waals surface area contributed by atoms with Gasteiger partial charge in [-0.1, -0.05) is 23.7 Å². The lowest BCUT2D eigenvalue weighted by molar-refractivity contribution is 0.0300. The van der Waals surface area contributed by atoms with Crippen LogP contribution in [0.5, 0.6) is 0 Å². The van der Waals surface area contributed by atoms with Crippen molar-refractivity contribution >= 4 is 39.7 Å². The second-order valence-electron chi connectivity index (χ2n) is 7.44. The Labute approximate surface area is 183 Å². The van der Waals surface area contributed by atoms with Crippen molar-refractivity contribution in [2.24, 2.45) is 0 Å². The molecule has 0 aliphatic carbocycles. The molecule has 1 aliphatic rings. The van der Waals surface area contributed by atoms with Crippen LogP contribution in [0, 0.1) is 0 Å². The summed E-state index contributed by atoms with van der Waals surface area (Å²) in [6.07, 6.45) is 3.43. The van der Waals surface area contributed by atoms with Crippen LogP contribution in [0.3, 0.4) is 0 Å². The zero-order valence-electron chi connectivity index (χ0n) is 17.0. The van der Waals surface area contributed by atoms with Gasteiger partial charge in [-0.2, -0.15) is 9.61 Å². The maximum Gasteiger partial charge on any atom is 0.273 e. The van der Waals surface area contributed by atoms with E-state index < -0.39 is 0 Å². The molecule has 8 nitrogen and oxygen atoms in total. The smallest absolute Gasteiger partial charge is 0.273 e. The number of aromatic nitrogens is 4. The second-order valence-corrected chi connectivity index (χ2v) is 7.84. The topological polar surface area (TPSA) is 84.7 Å². The number of hydrogen-bond donors (Lipinski definition) is 1. The lowest BCUT2D eigenvalue weighted by atomic mass is 10.0. The van der Waals surface area contributed by atoms with E-state index in [0.717, 1.165) is 22.5 Å². The Bertz CT molecular complexity index is 1270. The largest absolute Gasteiger partial charge is 0.378 e. The third-order valence-corrected chi connectivity index (χ3v) is 5.74. The summed E-state index contributed by atoms with van der Waals surface area (Å²) < 4.78 is 7.12. The average Bonchev–Trinajstić information content (AvgIpc) is 3.28. The van der Waals surface area contributed by atoms with Crippen molar-refractivity contribution in [1.82, 2.24) is 24.5 Å². The molecule has 9 heteroatoms. The lowest BCUT2D eigenvalue weighted by Gasteiger charge is -2.27. The number of anilines is 1. The van der Waals surface area contributed by atoms with Gasteiger partial charge in [0.2, 0.25) is 0 Å². The number of benzene rings is 1. The molecular formula is C22H21ClN6O2. The van der Waals surface area contributed by atoms with Crippen LogP contribution in [-0.4, -0.2) is 56.7 Å². The van der Waals surface area contributed by atoms with Gasteiger partial charge >= 0.3 is 0 Å². The highest BCUT2D eigenvalue weighted by molar-refractivity contribution is 6.36. The van der Waals surface area contributed by atoms with Gasteiger partial charge in [-0.25, -0.2) is 9.97 Å². The first-order valence-electron chi connectivity index (χ1n) is 10.1. The summed E-state index contributed by atoms with van der Waals surface area (Å²) in [6, 6.07) is 11.1. The Balaban J connectivity index is 1.55. The average molecular weight is 437 g/mol. The van der Waals surface area contributed by atoms with E-state index >= 15 is 0 Å². The summed E-state index contributed by atoms with van der Waals surface area (Å²) in [5.74, 6) is 0.658. The Morgan fingerprint density at radius 3 is 2.87 bits per heavy atom. The molecule has 0 radical (unpaired) electrons. The Hall–Kier alpha value is -3.23. The summed E-state index contributed by atoms with van der Waals surface area (Å²) >= 11 is 6.49. The van der Waals surface area contributed by atoms with Crippen LogP contribution < -0.4 is 5.32 Å². The van der Waals surface area contributed by atoms with Crippen LogP contribution in [0.25, 0.3) is 16.4 Å². The summed E-state index contributed by atoms with van der Waals surface area (Å²) in [7, 11) is 0. The first kappa shape index (κ1) is 19.7. The molecule has 1 saturated heterocycles. The van der Waals surface area contributed by atoms with Gasteiger partial charge in [0.05, 0.1) is 36.2 Å². The number of ether oxygens (including phenoxy) is 1. The standard InChI is InChI=1S/C22H21ClN6O2/c1-14(26-19-5-7-24-18-6-8-25-29(18)19)17-13-15-3-2-4-16(23)20(15)21(27-17)22(30)28-9-11-31-12-10-28/h2-8,13-14,26H,9-12H2,1H3. The van der Waals surface area contributed by atoms with Crippen molar-refractivity contribution in [2.75, 3.05) is 31.6 Å². The Kier molecular flexibility index (Phi) is 5.17. The normalized spacial score (nSPS) is 15.4. The molecule has 31 heavy (non-hydrogen) atoms. The number of nitrogens with zero attached hydrogens (tertiary/aromatic N) is 5. The fraction of sp³-hybridized carbons (Fsp3) is 0.273. The number of nitrogens with one attached hydrogen (secondary N) is 1. The molecular weight excluding hydrogens is 416 g/mol. The molecule has 1 aromatic carbocycles. The maximum atomic E-state index is 13.3. The monoisotopic (exact) mass is 436 g/mol. The minimum atomic E-state index is -0.186. The van der Waals surface area contributed by atoms with Crippen molar-refractivity contribution in [3.05, 3.63) is 65.2 Å². The van der Waals surface area contributed by atoms with Gasteiger partial charge in [-0.15, -0.1) is 0 Å². The van der Waals surface area contributed by atoms with Gasteiger partial charge < -0.3 is 15.0 Å². The minimum absolute atomic E-state index is 0.131. The molecule has 5 rings (SSSR count). The Morgan fingerprint density at radius 1 is 1.19 bits per heavy atom. The number of hydrogen-bond acceptors (Lipinski definition) is 6. The maximum absolute atomic E-state index is 13.3. The third kappa shape index (κ3) is 3.68. The quantitative estimate of drug-likeness (QED) is 0.526. The summed E-state index contributed by atoms with van der Waals surface area (Å²) in [6.45, 7) is 4.13. The molecule has 158 valence electrons. The zero-order chi connectivity index (χ0) is 21.4. The number of rotatable bonds is 4. The van der Waals surface area contributed by atoms with Gasteiger partial charge in [0.15, 0.2) is 5.65 Å². The van der Waals surface area contributed by atoms with Crippen molar-refractivity contribution in [3.63, 3.8) is 0 Å². The number of pyridine rings is 1. The van der Waals surface area contributed by atoms with E-state index in [1.54, 1.807) is 27.9 Å². The highest BCUT2D eigenvalue weighted by Gasteiger charge is 2.24. The van der Waals surface area contributed by atoms with E-state index in [2.05, 4.69) is 15.4 Å². The molecule has 3 aromatic heterocycles. The summed E-state index contributed by atoms with van der Waals surface area (Å²) in [4.78, 5) is 24.2. The van der Waals surface area contributed by atoms with E-state index in [1.165, 1.54) is 0 Å². The first-order valence-corrected chi connectivity index (χ1v) is 10.5. The summed E-state index contributed by atoms with van der Waals surface area (Å²) in [5, 5.41) is 9.81. The molecule has 1 atom stereocenters. The second kappa shape index (κ2) is 8.13. The van der Waals surface area contributed by atoms with Crippen LogP contribution in [0.1, 0.15) is 29.1 Å². The molecule has 1 fully saturated rings. The number of fused-ring (bicyclic) bond motifs is 2. The van der Waals surface area contributed by atoms with E-state index in [4.69, 9.17) is 21.3 Å². The molecule has 0 saturated carbocycles. The van der Waals surface area contributed by atoms with Crippen LogP contribution in [0.4, 0.5) is 5.82 Å². The third-order valence-electron chi connectivity index (χ3n) is 5.43. The molecule has 4 heterocycles. The number of carbonyl (C=O) groups is 1.